The largest absolute Gasteiger partial charge is 0.354 e. The summed E-state index contributed by atoms with van der Waals surface area (Å²) < 4.78 is 9.98. The van der Waals surface area contributed by atoms with E-state index in [2.05, 4.69) is 10.6 Å². The van der Waals surface area contributed by atoms with Crippen molar-refractivity contribution in [3.8, 4) is 0 Å². The summed E-state index contributed by atoms with van der Waals surface area (Å²) in [6, 6.07) is 0.100. The summed E-state index contributed by atoms with van der Waals surface area (Å²) in [6.07, 6.45) is 12.6. The van der Waals surface area contributed by atoms with Crippen LogP contribution in [0.2, 0.25) is 0 Å². The van der Waals surface area contributed by atoms with Gasteiger partial charge in [-0.3, -0.25) is 9.59 Å². The summed E-state index contributed by atoms with van der Waals surface area (Å²) in [7, 11) is 2.98. The van der Waals surface area contributed by atoms with Gasteiger partial charge in [0.2, 0.25) is 0 Å². The number of amides is 2. The van der Waals surface area contributed by atoms with Gasteiger partial charge in [-0.1, -0.05) is 57.8 Å². The molecule has 0 bridgehead atoms. The van der Waals surface area contributed by atoms with Gasteiger partial charge in [0.25, 0.3) is 0 Å². The summed E-state index contributed by atoms with van der Waals surface area (Å²) in [5.74, 6) is -1.18. The number of methoxy groups -OCH3 is 2. The molecule has 0 unspecified atom stereocenters. The predicted molar refractivity (Wildman–Crippen MR) is 93.5 cm³/mol. The molecule has 0 atom stereocenters. The lowest BCUT2D eigenvalue weighted by molar-refractivity contribution is -0.142. The first-order valence-corrected chi connectivity index (χ1v) is 9.31. The normalized spacial score (nSPS) is 18.5. The topological polar surface area (TPSA) is 76.7 Å². The quantitative estimate of drug-likeness (QED) is 0.594. The molecular formula is C18H34N2O4. The van der Waals surface area contributed by atoms with E-state index in [-0.39, 0.29) is 12.6 Å². The van der Waals surface area contributed by atoms with E-state index in [1.165, 1.54) is 59.2 Å². The molecule has 0 saturated heterocycles. The maximum Gasteiger partial charge on any atom is 0.309 e. The Labute approximate surface area is 146 Å². The first-order chi connectivity index (χ1) is 11.7. The van der Waals surface area contributed by atoms with Crippen LogP contribution in [0.5, 0.6) is 0 Å². The molecule has 0 aromatic carbocycles. The second-order valence-corrected chi connectivity index (χ2v) is 6.54. The van der Waals surface area contributed by atoms with Crippen LogP contribution in [0.1, 0.15) is 70.6 Å². The Bertz CT molecular complexity index is 347. The first-order valence-electron chi connectivity index (χ1n) is 9.31. The molecule has 2 N–H and O–H groups in total. The Kier molecular flexibility index (Phi) is 11.5. The van der Waals surface area contributed by atoms with Gasteiger partial charge in [0.15, 0.2) is 6.29 Å². The van der Waals surface area contributed by atoms with Crippen LogP contribution < -0.4 is 10.6 Å². The van der Waals surface area contributed by atoms with E-state index < -0.39 is 18.1 Å². The van der Waals surface area contributed by atoms with E-state index in [1.54, 1.807) is 0 Å². The van der Waals surface area contributed by atoms with Crippen LogP contribution in [0.25, 0.3) is 0 Å². The number of ether oxygens (including phenoxy) is 2. The molecule has 6 heteroatoms. The second-order valence-electron chi connectivity index (χ2n) is 6.54. The first kappa shape index (κ1) is 20.9. The third-order valence-electron chi connectivity index (χ3n) is 4.60. The van der Waals surface area contributed by atoms with Crippen molar-refractivity contribution in [2.45, 2.75) is 83.0 Å². The van der Waals surface area contributed by atoms with Crippen molar-refractivity contribution >= 4 is 11.8 Å². The molecule has 0 heterocycles. The molecule has 0 aliphatic heterocycles. The van der Waals surface area contributed by atoms with Crippen LogP contribution in [0.3, 0.4) is 0 Å². The summed E-state index contributed by atoms with van der Waals surface area (Å²) in [6.45, 7) is 0.157. The van der Waals surface area contributed by atoms with Crippen LogP contribution in [0, 0.1) is 0 Å². The molecule has 24 heavy (non-hydrogen) atoms. The van der Waals surface area contributed by atoms with E-state index in [0.717, 1.165) is 25.7 Å². The minimum absolute atomic E-state index is 0.100. The fourth-order valence-electron chi connectivity index (χ4n) is 3.08. The Balaban J connectivity index is 2.37. The van der Waals surface area contributed by atoms with Crippen LogP contribution in [-0.2, 0) is 19.1 Å². The maximum atomic E-state index is 12.1. The van der Waals surface area contributed by atoms with Gasteiger partial charge >= 0.3 is 11.8 Å². The lowest BCUT2D eigenvalue weighted by Gasteiger charge is -2.20. The molecule has 1 saturated carbocycles. The fourth-order valence-corrected chi connectivity index (χ4v) is 3.08. The molecule has 140 valence electrons. The summed E-state index contributed by atoms with van der Waals surface area (Å²) in [4.78, 5) is 24.0. The van der Waals surface area contributed by atoms with Crippen LogP contribution >= 0.6 is 0 Å². The van der Waals surface area contributed by atoms with Crippen molar-refractivity contribution in [3.63, 3.8) is 0 Å². The van der Waals surface area contributed by atoms with Crippen molar-refractivity contribution < 1.29 is 19.1 Å². The van der Waals surface area contributed by atoms with Gasteiger partial charge in [-0.15, -0.1) is 0 Å². The predicted octanol–water partition coefficient (Wildman–Crippen LogP) is 2.51. The number of carbonyl (C=O) groups is 2. The standard InChI is InChI=1S/C18H34N2O4/c1-23-16(24-2)14-19-17(21)18(22)20-15-12-10-8-6-4-3-5-7-9-11-13-15/h15-16H,3-14H2,1-2H3,(H,19,21)(H,20,22). The van der Waals surface area contributed by atoms with Crippen molar-refractivity contribution in [1.29, 1.82) is 0 Å². The van der Waals surface area contributed by atoms with E-state index in [0.29, 0.717) is 0 Å². The van der Waals surface area contributed by atoms with E-state index >= 15 is 0 Å². The highest BCUT2D eigenvalue weighted by atomic mass is 16.7. The SMILES string of the molecule is COC(CNC(=O)C(=O)NC1CCCCCCCCCCC1)OC. The van der Waals surface area contributed by atoms with Gasteiger partial charge < -0.3 is 20.1 Å². The average molecular weight is 342 g/mol. The van der Waals surface area contributed by atoms with Gasteiger partial charge in [0.05, 0.1) is 6.54 Å². The summed E-state index contributed by atoms with van der Waals surface area (Å²) in [5.41, 5.74) is 0. The smallest absolute Gasteiger partial charge is 0.309 e. The van der Waals surface area contributed by atoms with Gasteiger partial charge in [-0.25, -0.2) is 0 Å². The Hall–Kier alpha value is -1.14. The maximum absolute atomic E-state index is 12.1. The number of hydrogen-bond acceptors (Lipinski definition) is 4. The van der Waals surface area contributed by atoms with Crippen LogP contribution in [0.4, 0.5) is 0 Å². The lowest BCUT2D eigenvalue weighted by atomic mass is 9.98. The van der Waals surface area contributed by atoms with Crippen LogP contribution in [0.15, 0.2) is 0 Å². The monoisotopic (exact) mass is 342 g/mol. The number of rotatable bonds is 5. The zero-order valence-corrected chi connectivity index (χ0v) is 15.3. The molecule has 0 aromatic heterocycles. The number of hydrogen-bond donors (Lipinski definition) is 2. The highest BCUT2D eigenvalue weighted by molar-refractivity contribution is 6.35. The van der Waals surface area contributed by atoms with Crippen molar-refractivity contribution in [2.75, 3.05) is 20.8 Å². The minimum Gasteiger partial charge on any atom is -0.354 e. The van der Waals surface area contributed by atoms with E-state index in [9.17, 15) is 9.59 Å². The molecule has 2 amide bonds. The molecule has 1 aliphatic rings. The summed E-state index contributed by atoms with van der Waals surface area (Å²) >= 11 is 0. The van der Waals surface area contributed by atoms with E-state index in [4.69, 9.17) is 9.47 Å². The molecule has 1 fully saturated rings. The Morgan fingerprint density at radius 1 is 0.833 bits per heavy atom. The van der Waals surface area contributed by atoms with E-state index in [1.807, 2.05) is 0 Å². The van der Waals surface area contributed by atoms with Gasteiger partial charge in [0, 0.05) is 20.3 Å². The fraction of sp³-hybridized carbons (Fsp3) is 0.889. The zero-order chi connectivity index (χ0) is 17.6. The molecule has 0 radical (unpaired) electrons. The van der Waals surface area contributed by atoms with Crippen molar-refractivity contribution in [3.05, 3.63) is 0 Å². The van der Waals surface area contributed by atoms with Crippen molar-refractivity contribution in [2.24, 2.45) is 0 Å². The number of carbonyl (C=O) groups excluding carboxylic acids is 2. The number of nitrogens with one attached hydrogen (secondary N) is 2. The van der Waals surface area contributed by atoms with Crippen molar-refractivity contribution in [1.82, 2.24) is 10.6 Å². The van der Waals surface area contributed by atoms with Crippen LogP contribution in [-0.4, -0.2) is 44.9 Å². The molecule has 0 aromatic rings. The van der Waals surface area contributed by atoms with Gasteiger partial charge in [-0.2, -0.15) is 0 Å². The molecule has 1 rings (SSSR count). The average Bonchev–Trinajstić information content (AvgIpc) is 2.57. The molecule has 0 spiro atoms. The third kappa shape index (κ3) is 9.23. The lowest BCUT2D eigenvalue weighted by Crippen LogP contribution is -2.46. The van der Waals surface area contributed by atoms with Gasteiger partial charge in [0.1, 0.15) is 0 Å². The second kappa shape index (κ2) is 13.2. The van der Waals surface area contributed by atoms with Gasteiger partial charge in [-0.05, 0) is 12.8 Å². The third-order valence-corrected chi connectivity index (χ3v) is 4.60. The Morgan fingerprint density at radius 3 is 1.75 bits per heavy atom. The molecule has 6 nitrogen and oxygen atoms in total. The summed E-state index contributed by atoms with van der Waals surface area (Å²) in [5, 5.41) is 5.44. The zero-order valence-electron chi connectivity index (χ0n) is 15.3. The highest BCUT2D eigenvalue weighted by Crippen LogP contribution is 2.16. The Morgan fingerprint density at radius 2 is 1.29 bits per heavy atom. The highest BCUT2D eigenvalue weighted by Gasteiger charge is 2.19. The molecular weight excluding hydrogens is 308 g/mol. The molecule has 1 aliphatic carbocycles. The minimum atomic E-state index is -0.625.